The number of fused-ring (bicyclic) bond motifs is 1. The van der Waals surface area contributed by atoms with Crippen molar-refractivity contribution < 1.29 is 9.47 Å². The summed E-state index contributed by atoms with van der Waals surface area (Å²) in [6.45, 7) is 3.91. The fourth-order valence-electron chi connectivity index (χ4n) is 4.49. The Balaban J connectivity index is 1.29. The number of nitrogens with zero attached hydrogens (tertiary/aromatic N) is 3. The number of hydrogen-bond acceptors (Lipinski definition) is 4. The minimum absolute atomic E-state index is 0.535. The lowest BCUT2D eigenvalue weighted by Gasteiger charge is -2.31. The van der Waals surface area contributed by atoms with Gasteiger partial charge in [0.25, 0.3) is 0 Å². The fourth-order valence-corrected chi connectivity index (χ4v) is 4.49. The molecule has 4 aromatic rings. The molecule has 164 valence electrons. The molecule has 1 aliphatic heterocycles. The molecular formula is C27H29N3O2. The van der Waals surface area contributed by atoms with E-state index in [2.05, 4.69) is 45.9 Å². The number of para-hydroxylation sites is 4. The topological polar surface area (TPSA) is 39.5 Å². The molecule has 0 aliphatic carbocycles. The van der Waals surface area contributed by atoms with Crippen molar-refractivity contribution in [3.05, 3.63) is 84.4 Å². The van der Waals surface area contributed by atoms with Gasteiger partial charge in [-0.15, -0.1) is 0 Å². The second-order valence-corrected chi connectivity index (χ2v) is 8.41. The SMILES string of the molecule is COc1ccccc1-n1c(OCC2CCN(Cc3ccccc3)CC2)nc2ccccc21. The van der Waals surface area contributed by atoms with E-state index in [4.69, 9.17) is 14.5 Å². The third kappa shape index (κ3) is 4.34. The highest BCUT2D eigenvalue weighted by Crippen LogP contribution is 2.32. The van der Waals surface area contributed by atoms with Gasteiger partial charge in [0.1, 0.15) is 5.75 Å². The fraction of sp³-hybridized carbons (Fsp3) is 0.296. The Morgan fingerprint density at radius 3 is 2.41 bits per heavy atom. The van der Waals surface area contributed by atoms with Crippen LogP contribution in [0.1, 0.15) is 18.4 Å². The summed E-state index contributed by atoms with van der Waals surface area (Å²) in [5.41, 5.74) is 4.26. The predicted octanol–water partition coefficient (Wildman–Crippen LogP) is 5.33. The maximum atomic E-state index is 6.35. The monoisotopic (exact) mass is 427 g/mol. The van der Waals surface area contributed by atoms with Crippen LogP contribution in [0.25, 0.3) is 16.7 Å². The predicted molar refractivity (Wildman–Crippen MR) is 128 cm³/mol. The van der Waals surface area contributed by atoms with Gasteiger partial charge in [-0.3, -0.25) is 9.47 Å². The lowest BCUT2D eigenvalue weighted by molar-refractivity contribution is 0.131. The van der Waals surface area contributed by atoms with E-state index >= 15 is 0 Å². The first kappa shape index (κ1) is 20.6. The second-order valence-electron chi connectivity index (χ2n) is 8.41. The first-order valence-corrected chi connectivity index (χ1v) is 11.3. The molecule has 1 aliphatic rings. The maximum Gasteiger partial charge on any atom is 0.302 e. The molecule has 1 aromatic heterocycles. The normalized spacial score (nSPS) is 15.2. The van der Waals surface area contributed by atoms with Crippen molar-refractivity contribution in [1.82, 2.24) is 14.5 Å². The van der Waals surface area contributed by atoms with Crippen molar-refractivity contribution in [2.75, 3.05) is 26.8 Å². The first-order valence-electron chi connectivity index (χ1n) is 11.3. The number of ether oxygens (including phenoxy) is 2. The summed E-state index contributed by atoms with van der Waals surface area (Å²) in [5, 5.41) is 0. The highest BCUT2D eigenvalue weighted by atomic mass is 16.5. The molecule has 1 fully saturated rings. The van der Waals surface area contributed by atoms with E-state index in [1.165, 1.54) is 5.56 Å². The van der Waals surface area contributed by atoms with Gasteiger partial charge in [-0.25, -0.2) is 0 Å². The number of likely N-dealkylation sites (tertiary alicyclic amines) is 1. The Hall–Kier alpha value is -3.31. The molecule has 2 heterocycles. The maximum absolute atomic E-state index is 6.35. The number of methoxy groups -OCH3 is 1. The molecule has 0 bridgehead atoms. The van der Waals surface area contributed by atoms with Gasteiger partial charge in [-0.05, 0) is 61.7 Å². The number of hydrogen-bond donors (Lipinski definition) is 0. The Kier molecular flexibility index (Phi) is 6.08. The van der Waals surface area contributed by atoms with Gasteiger partial charge in [-0.1, -0.05) is 54.6 Å². The minimum Gasteiger partial charge on any atom is -0.495 e. The molecule has 5 heteroatoms. The van der Waals surface area contributed by atoms with Crippen molar-refractivity contribution in [3.8, 4) is 17.4 Å². The Morgan fingerprint density at radius 2 is 1.59 bits per heavy atom. The molecule has 0 saturated carbocycles. The summed E-state index contributed by atoms with van der Waals surface area (Å²) in [4.78, 5) is 7.33. The smallest absolute Gasteiger partial charge is 0.302 e. The molecule has 0 amide bonds. The van der Waals surface area contributed by atoms with Gasteiger partial charge in [0.05, 0.1) is 30.4 Å². The summed E-state index contributed by atoms with van der Waals surface area (Å²) in [6.07, 6.45) is 2.28. The standard InChI is InChI=1S/C27H29N3O2/c1-31-26-14-8-7-13-25(26)30-24-12-6-5-11-23(24)28-27(30)32-20-22-15-17-29(18-16-22)19-21-9-3-2-4-10-21/h2-14,22H,15-20H2,1H3. The molecule has 0 radical (unpaired) electrons. The van der Waals surface area contributed by atoms with Gasteiger partial charge >= 0.3 is 6.01 Å². The largest absolute Gasteiger partial charge is 0.495 e. The Morgan fingerprint density at radius 1 is 0.875 bits per heavy atom. The van der Waals surface area contributed by atoms with Gasteiger partial charge in [0.15, 0.2) is 0 Å². The molecule has 1 saturated heterocycles. The molecule has 3 aromatic carbocycles. The molecule has 5 rings (SSSR count). The Bertz CT molecular complexity index is 1160. The molecule has 0 atom stereocenters. The van der Waals surface area contributed by atoms with Gasteiger partial charge in [0.2, 0.25) is 0 Å². The summed E-state index contributed by atoms with van der Waals surface area (Å²) in [6, 6.07) is 27.5. The average Bonchev–Trinajstić information content (AvgIpc) is 3.22. The quantitative estimate of drug-likeness (QED) is 0.400. The zero-order chi connectivity index (χ0) is 21.8. The number of imidazole rings is 1. The lowest BCUT2D eigenvalue weighted by atomic mass is 9.97. The summed E-state index contributed by atoms with van der Waals surface area (Å²) < 4.78 is 14.0. The van der Waals surface area contributed by atoms with Crippen LogP contribution in [0.15, 0.2) is 78.9 Å². The zero-order valence-corrected chi connectivity index (χ0v) is 18.5. The lowest BCUT2D eigenvalue weighted by Crippen LogP contribution is -2.35. The molecule has 0 spiro atoms. The van der Waals surface area contributed by atoms with Crippen LogP contribution >= 0.6 is 0 Å². The second kappa shape index (κ2) is 9.45. The highest BCUT2D eigenvalue weighted by Gasteiger charge is 2.22. The van der Waals surface area contributed by atoms with Gasteiger partial charge in [0, 0.05) is 6.54 Å². The highest BCUT2D eigenvalue weighted by molar-refractivity contribution is 5.79. The number of piperidine rings is 1. The van der Waals surface area contributed by atoms with E-state index in [0.717, 1.165) is 54.9 Å². The van der Waals surface area contributed by atoms with Crippen molar-refractivity contribution >= 4 is 11.0 Å². The minimum atomic E-state index is 0.535. The third-order valence-corrected chi connectivity index (χ3v) is 6.26. The first-order chi connectivity index (χ1) is 15.8. The third-order valence-electron chi connectivity index (χ3n) is 6.26. The van der Waals surface area contributed by atoms with Crippen molar-refractivity contribution in [1.29, 1.82) is 0 Å². The van der Waals surface area contributed by atoms with Crippen molar-refractivity contribution in [2.45, 2.75) is 19.4 Å². The van der Waals surface area contributed by atoms with Crippen LogP contribution in [-0.2, 0) is 6.54 Å². The average molecular weight is 428 g/mol. The van der Waals surface area contributed by atoms with Gasteiger partial charge in [-0.2, -0.15) is 4.98 Å². The van der Waals surface area contributed by atoms with E-state index in [1.54, 1.807) is 7.11 Å². The van der Waals surface area contributed by atoms with Gasteiger partial charge < -0.3 is 9.47 Å². The molecule has 32 heavy (non-hydrogen) atoms. The molecule has 0 unspecified atom stereocenters. The van der Waals surface area contributed by atoms with Crippen LogP contribution in [0.3, 0.4) is 0 Å². The van der Waals surface area contributed by atoms with Crippen LogP contribution in [0, 0.1) is 5.92 Å². The van der Waals surface area contributed by atoms with Crippen molar-refractivity contribution in [3.63, 3.8) is 0 Å². The van der Waals surface area contributed by atoms with Crippen LogP contribution < -0.4 is 9.47 Å². The summed E-state index contributed by atoms with van der Waals surface area (Å²) in [7, 11) is 1.70. The molecular weight excluding hydrogens is 398 g/mol. The summed E-state index contributed by atoms with van der Waals surface area (Å²) in [5.74, 6) is 1.34. The van der Waals surface area contributed by atoms with E-state index in [9.17, 15) is 0 Å². The molecule has 5 nitrogen and oxygen atoms in total. The van der Waals surface area contributed by atoms with Crippen molar-refractivity contribution in [2.24, 2.45) is 5.92 Å². The van der Waals surface area contributed by atoms with Crippen LogP contribution in [0.2, 0.25) is 0 Å². The summed E-state index contributed by atoms with van der Waals surface area (Å²) >= 11 is 0. The Labute approximate surface area is 189 Å². The number of rotatable bonds is 7. The number of benzene rings is 3. The van der Waals surface area contributed by atoms with Crippen LogP contribution in [0.4, 0.5) is 0 Å². The zero-order valence-electron chi connectivity index (χ0n) is 18.5. The number of aromatic nitrogens is 2. The van der Waals surface area contributed by atoms with E-state index in [-0.39, 0.29) is 0 Å². The van der Waals surface area contributed by atoms with Crippen LogP contribution in [-0.4, -0.2) is 41.3 Å². The van der Waals surface area contributed by atoms with E-state index in [0.29, 0.717) is 18.5 Å². The molecule has 0 N–H and O–H groups in total. The van der Waals surface area contributed by atoms with Crippen LogP contribution in [0.5, 0.6) is 11.8 Å². The van der Waals surface area contributed by atoms with E-state index in [1.807, 2.05) is 42.5 Å². The van der Waals surface area contributed by atoms with E-state index < -0.39 is 0 Å².